The van der Waals surface area contributed by atoms with Crippen molar-refractivity contribution < 1.29 is 28.5 Å². The molecule has 1 saturated heterocycles. The van der Waals surface area contributed by atoms with Crippen molar-refractivity contribution in [2.75, 3.05) is 26.2 Å². The van der Waals surface area contributed by atoms with E-state index in [1.807, 2.05) is 194 Å². The first kappa shape index (κ1) is 85.5. The van der Waals surface area contributed by atoms with Gasteiger partial charge in [0, 0.05) is 95.8 Å². The summed E-state index contributed by atoms with van der Waals surface area (Å²) in [5.41, 5.74) is 10.7. The first-order valence-electron chi connectivity index (χ1n) is 36.7. The lowest BCUT2D eigenvalue weighted by Crippen LogP contribution is -2.41. The van der Waals surface area contributed by atoms with Gasteiger partial charge in [0.05, 0.1) is 49.7 Å². The summed E-state index contributed by atoms with van der Waals surface area (Å²) in [6.45, 7) is 46.2. The van der Waals surface area contributed by atoms with E-state index in [1.54, 1.807) is 0 Å². The maximum Gasteiger partial charge on any atom is 0.253 e. The Labute approximate surface area is 616 Å². The molecule has 0 atom stereocenters. The van der Waals surface area contributed by atoms with Gasteiger partial charge in [0.25, 0.3) is 5.91 Å². The number of hydrogen-bond acceptors (Lipinski definition) is 11. The van der Waals surface area contributed by atoms with Gasteiger partial charge >= 0.3 is 0 Å². The van der Waals surface area contributed by atoms with Crippen LogP contribution in [0.4, 0.5) is 0 Å². The number of likely N-dealkylation sites (tertiary alicyclic amines) is 1. The van der Waals surface area contributed by atoms with E-state index in [1.165, 1.54) is 22.3 Å². The molecule has 8 rings (SSSR count). The zero-order valence-corrected chi connectivity index (χ0v) is 65.1. The van der Waals surface area contributed by atoms with Gasteiger partial charge in [-0.1, -0.05) is 112 Å². The fourth-order valence-electron chi connectivity index (χ4n) is 9.56. The molecule has 0 saturated carbocycles. The predicted molar refractivity (Wildman–Crippen MR) is 427 cm³/mol. The number of nitrogens with one attached hydrogen (secondary N) is 5. The molecule has 1 heterocycles. The Morgan fingerprint density at radius 3 is 1.25 bits per heavy atom. The van der Waals surface area contributed by atoms with Crippen molar-refractivity contribution in [3.63, 3.8) is 0 Å². The molecule has 0 radical (unpaired) electrons. The molecule has 1 amide bonds. The normalized spacial score (nSPS) is 11.7. The summed E-state index contributed by atoms with van der Waals surface area (Å²) in [5, 5.41) is 16.4. The van der Waals surface area contributed by atoms with Gasteiger partial charge in [-0.3, -0.25) is 4.79 Å². The lowest BCUT2D eigenvalue weighted by Gasteiger charge is -2.33. The standard InChI is InChI=1S/C22H23NO.C19H30N2O2.C19H25NO.2C15H21NO/c1-17(2)23-16-15-21-9-7-19(8-10-21)5-6-20-11-13-22(14-12-20)24-18(3)4;1-14(2)20-13-16-5-7-17(8-6-16)19(22)21-11-9-18(10-12-21)23-15(3)4;1-14(2)20-13-16-6-5-7-18(12-16)17-8-10-19(11-9-17)21-15(3)4;1-12(2)16-10-6-8-14-7-5-9-15(11-14)17-13(3)4;1-12(2)16-11-5-6-14-7-9-15(10-8-14)17-13(3)4/h7-14,17-18,23H,1-4H3;5-8,14-15,18,20H,9-13H2,1-4H3;5-12,14-15,20H,13H2,1-4H3;5,7,9,11-13,16H,10H2,1-4H3;7-10,12-13,16H,11H2,1-4H3. The second-order valence-corrected chi connectivity index (χ2v) is 28.0. The maximum atomic E-state index is 12.6. The highest BCUT2D eigenvalue weighted by atomic mass is 16.5. The van der Waals surface area contributed by atoms with E-state index in [0.29, 0.717) is 42.9 Å². The summed E-state index contributed by atoms with van der Waals surface area (Å²) in [6, 6.07) is 61.7. The highest BCUT2D eigenvalue weighted by Gasteiger charge is 2.24. The molecule has 0 bridgehead atoms. The third-order valence-corrected chi connectivity index (χ3v) is 14.4. The molecule has 546 valence electrons. The van der Waals surface area contributed by atoms with Crippen molar-refractivity contribution in [1.82, 2.24) is 31.5 Å². The lowest BCUT2D eigenvalue weighted by atomic mass is 10.0. The second kappa shape index (κ2) is 48.0. The van der Waals surface area contributed by atoms with Gasteiger partial charge in [-0.2, -0.15) is 0 Å². The van der Waals surface area contributed by atoms with Gasteiger partial charge in [-0.25, -0.2) is 0 Å². The van der Waals surface area contributed by atoms with E-state index in [9.17, 15) is 4.79 Å². The Balaban J connectivity index is 0.000000272. The monoisotopic (exact) mass is 1380 g/mol. The number of rotatable bonds is 23. The van der Waals surface area contributed by atoms with Crippen LogP contribution >= 0.6 is 0 Å². The van der Waals surface area contributed by atoms with Gasteiger partial charge in [0.2, 0.25) is 0 Å². The smallest absolute Gasteiger partial charge is 0.253 e. The number of carbonyl (C=O) groups excluding carboxylic acids is 1. The van der Waals surface area contributed by atoms with Crippen LogP contribution in [0.15, 0.2) is 170 Å². The van der Waals surface area contributed by atoms with Crippen molar-refractivity contribution >= 4 is 5.91 Å². The van der Waals surface area contributed by atoms with Crippen molar-refractivity contribution in [2.45, 2.75) is 231 Å². The number of benzene rings is 7. The minimum atomic E-state index is 0.136. The quantitative estimate of drug-likeness (QED) is 0.0310. The second-order valence-electron chi connectivity index (χ2n) is 28.0. The molecule has 1 aliphatic heterocycles. The van der Waals surface area contributed by atoms with Gasteiger partial charge < -0.3 is 55.2 Å². The number of ether oxygens (including phenoxy) is 5. The SMILES string of the molecule is CC(C)NC#Cc1ccc(C#Cc2ccc(OC(C)C)cc2)cc1.CC(C)NCC#Cc1ccc(OC(C)C)cc1.CC(C)NCC#Cc1cccc(OC(C)C)c1.CC(C)NCc1ccc(C(=O)N2CCC(OC(C)C)CC2)cc1.CC(C)NCc1cccc(-c2ccc(OC(C)C)cc2)c1. The van der Waals surface area contributed by atoms with Gasteiger partial charge in [-0.15, -0.1) is 0 Å². The highest BCUT2D eigenvalue weighted by Crippen LogP contribution is 2.25. The van der Waals surface area contributed by atoms with Crippen LogP contribution in [-0.4, -0.2) is 104 Å². The van der Waals surface area contributed by atoms with E-state index in [4.69, 9.17) is 23.7 Å². The van der Waals surface area contributed by atoms with E-state index in [0.717, 1.165) is 102 Å². The van der Waals surface area contributed by atoms with Crippen LogP contribution in [0.25, 0.3) is 11.1 Å². The Hall–Kier alpha value is -8.95. The first-order chi connectivity index (χ1) is 48.7. The average molecular weight is 1380 g/mol. The van der Waals surface area contributed by atoms with Gasteiger partial charge in [0.1, 0.15) is 23.0 Å². The molecule has 1 aliphatic rings. The molecule has 12 heteroatoms. The summed E-state index contributed by atoms with van der Waals surface area (Å²) in [5.74, 6) is 25.5. The van der Waals surface area contributed by atoms with Crippen LogP contribution in [0, 0.1) is 47.5 Å². The van der Waals surface area contributed by atoms with Crippen molar-refractivity contribution in [1.29, 1.82) is 0 Å². The van der Waals surface area contributed by atoms with E-state index < -0.39 is 0 Å². The Kier molecular flexibility index (Phi) is 40.2. The molecule has 0 unspecified atom stereocenters. The van der Waals surface area contributed by atoms with Crippen LogP contribution in [0.1, 0.15) is 201 Å². The summed E-state index contributed by atoms with van der Waals surface area (Å²) < 4.78 is 28.3. The van der Waals surface area contributed by atoms with E-state index in [-0.39, 0.29) is 36.4 Å². The topological polar surface area (TPSA) is 127 Å². The molecule has 0 aliphatic carbocycles. The van der Waals surface area contributed by atoms with E-state index in [2.05, 4.69) is 194 Å². The van der Waals surface area contributed by atoms with Crippen molar-refractivity contribution in [3.05, 3.63) is 214 Å². The zero-order valence-electron chi connectivity index (χ0n) is 65.1. The summed E-state index contributed by atoms with van der Waals surface area (Å²) in [7, 11) is 0. The Bertz CT molecular complexity index is 3730. The summed E-state index contributed by atoms with van der Waals surface area (Å²) in [6.07, 6.45) is 3.21. The summed E-state index contributed by atoms with van der Waals surface area (Å²) >= 11 is 0. The van der Waals surface area contributed by atoms with Crippen LogP contribution in [0.2, 0.25) is 0 Å². The Morgan fingerprint density at radius 1 is 0.382 bits per heavy atom. The summed E-state index contributed by atoms with van der Waals surface area (Å²) in [4.78, 5) is 14.5. The van der Waals surface area contributed by atoms with Crippen molar-refractivity contribution in [2.24, 2.45) is 0 Å². The molecule has 7 aromatic rings. The molecule has 5 N–H and O–H groups in total. The van der Waals surface area contributed by atoms with Crippen LogP contribution < -0.4 is 45.5 Å². The molecular formula is C90H120N6O6. The molecule has 102 heavy (non-hydrogen) atoms. The fraction of sp³-hybridized carbons (Fsp3) is 0.433. The highest BCUT2D eigenvalue weighted by molar-refractivity contribution is 5.94. The number of piperidine rings is 1. The third kappa shape index (κ3) is 38.7. The minimum absolute atomic E-state index is 0.136. The fourth-order valence-corrected chi connectivity index (χ4v) is 9.56. The molecule has 1 fully saturated rings. The average Bonchev–Trinajstić information content (AvgIpc) is 0.859. The lowest BCUT2D eigenvalue weighted by molar-refractivity contribution is -0.0236. The largest absolute Gasteiger partial charge is 0.491 e. The number of amides is 1. The van der Waals surface area contributed by atoms with Crippen molar-refractivity contribution in [3.8, 4) is 81.6 Å². The number of hydrogen-bond donors (Lipinski definition) is 5. The molecule has 12 nitrogen and oxygen atoms in total. The minimum Gasteiger partial charge on any atom is -0.491 e. The van der Waals surface area contributed by atoms with Gasteiger partial charge in [-0.05, 0) is 273 Å². The molecule has 0 aromatic heterocycles. The third-order valence-electron chi connectivity index (χ3n) is 14.4. The van der Waals surface area contributed by atoms with E-state index >= 15 is 0 Å². The first-order valence-corrected chi connectivity index (χ1v) is 36.7. The van der Waals surface area contributed by atoms with Crippen LogP contribution in [0.3, 0.4) is 0 Å². The molecular weight excluding hydrogens is 1260 g/mol. The van der Waals surface area contributed by atoms with Crippen LogP contribution in [0.5, 0.6) is 23.0 Å². The Morgan fingerprint density at radius 2 is 0.794 bits per heavy atom. The van der Waals surface area contributed by atoms with Gasteiger partial charge in [0.15, 0.2) is 0 Å². The molecule has 0 spiro atoms. The zero-order chi connectivity index (χ0) is 74.8. The maximum absolute atomic E-state index is 12.6. The number of carbonyl (C=O) groups is 1. The predicted octanol–water partition coefficient (Wildman–Crippen LogP) is 17.7. The molecule has 7 aromatic carbocycles. The van der Waals surface area contributed by atoms with Crippen LogP contribution in [-0.2, 0) is 17.8 Å². The number of nitrogens with zero attached hydrogens (tertiary/aromatic N) is 1.